The minimum Gasteiger partial charge on any atom is -0.383 e. The molecule has 1 atom stereocenters. The zero-order chi connectivity index (χ0) is 12.8. The highest BCUT2D eigenvalue weighted by Crippen LogP contribution is 2.39. The molecular formula is C15H15N3O. The first-order chi connectivity index (χ1) is 9.33. The summed E-state index contributed by atoms with van der Waals surface area (Å²) in [6, 6.07) is 8.47. The fraction of sp³-hybridized carbons (Fsp3) is 0.333. The number of hydrogen-bond donors (Lipinski definition) is 1. The van der Waals surface area contributed by atoms with Crippen molar-refractivity contribution in [1.82, 2.24) is 9.97 Å². The summed E-state index contributed by atoms with van der Waals surface area (Å²) in [7, 11) is 0. The van der Waals surface area contributed by atoms with Crippen LogP contribution < -0.4 is 5.73 Å². The van der Waals surface area contributed by atoms with Crippen LogP contribution >= 0.6 is 0 Å². The molecule has 4 heteroatoms. The summed E-state index contributed by atoms with van der Waals surface area (Å²) >= 11 is 0. The lowest BCUT2D eigenvalue weighted by atomic mass is 9.77. The van der Waals surface area contributed by atoms with Crippen LogP contribution in [-0.2, 0) is 24.2 Å². The fourth-order valence-electron chi connectivity index (χ4n) is 2.92. The van der Waals surface area contributed by atoms with E-state index in [9.17, 15) is 0 Å². The normalized spacial score (nSPS) is 20.3. The number of rotatable bonds is 1. The highest BCUT2D eigenvalue weighted by molar-refractivity contribution is 5.48. The number of benzene rings is 1. The fourth-order valence-corrected chi connectivity index (χ4v) is 2.92. The smallest absolute Gasteiger partial charge is 0.138 e. The topological polar surface area (TPSA) is 61.0 Å². The molecule has 2 heterocycles. The summed E-state index contributed by atoms with van der Waals surface area (Å²) in [5.74, 6) is 1.77. The van der Waals surface area contributed by atoms with E-state index in [0.29, 0.717) is 18.3 Å². The molecule has 2 aliphatic rings. The van der Waals surface area contributed by atoms with Gasteiger partial charge in [-0.25, -0.2) is 9.97 Å². The Morgan fingerprint density at radius 2 is 2.11 bits per heavy atom. The van der Waals surface area contributed by atoms with E-state index in [1.807, 2.05) is 0 Å². The van der Waals surface area contributed by atoms with E-state index < -0.39 is 0 Å². The van der Waals surface area contributed by atoms with Gasteiger partial charge in [-0.2, -0.15) is 0 Å². The SMILES string of the molecule is Nc1nc(C2Cc3ccccc32)nc2c1COCC2. The third-order valence-corrected chi connectivity index (χ3v) is 4.04. The highest BCUT2D eigenvalue weighted by Gasteiger charge is 2.30. The molecule has 1 aromatic carbocycles. The molecule has 19 heavy (non-hydrogen) atoms. The van der Waals surface area contributed by atoms with Crippen LogP contribution in [0.4, 0.5) is 5.82 Å². The Morgan fingerprint density at radius 3 is 3.00 bits per heavy atom. The number of aromatic nitrogens is 2. The minimum atomic E-state index is 0.312. The van der Waals surface area contributed by atoms with Crippen molar-refractivity contribution in [2.24, 2.45) is 0 Å². The Morgan fingerprint density at radius 1 is 1.21 bits per heavy atom. The van der Waals surface area contributed by atoms with Crippen molar-refractivity contribution in [1.29, 1.82) is 0 Å². The Labute approximate surface area is 111 Å². The maximum atomic E-state index is 6.05. The molecule has 0 radical (unpaired) electrons. The van der Waals surface area contributed by atoms with Gasteiger partial charge in [0.25, 0.3) is 0 Å². The lowest BCUT2D eigenvalue weighted by molar-refractivity contribution is 0.109. The second kappa shape index (κ2) is 4.03. The average Bonchev–Trinajstić information content (AvgIpc) is 2.40. The first-order valence-corrected chi connectivity index (χ1v) is 6.63. The number of hydrogen-bond acceptors (Lipinski definition) is 4. The van der Waals surface area contributed by atoms with Gasteiger partial charge in [-0.15, -0.1) is 0 Å². The zero-order valence-electron chi connectivity index (χ0n) is 10.6. The van der Waals surface area contributed by atoms with Gasteiger partial charge >= 0.3 is 0 Å². The van der Waals surface area contributed by atoms with Crippen LogP contribution in [-0.4, -0.2) is 16.6 Å². The lowest BCUT2D eigenvalue weighted by Crippen LogP contribution is -2.24. The molecule has 0 saturated carbocycles. The van der Waals surface area contributed by atoms with Crippen LogP contribution in [0.3, 0.4) is 0 Å². The molecule has 0 saturated heterocycles. The molecule has 1 aliphatic heterocycles. The molecule has 1 aromatic heterocycles. The Hall–Kier alpha value is -1.94. The van der Waals surface area contributed by atoms with Gasteiger partial charge in [0, 0.05) is 17.9 Å². The van der Waals surface area contributed by atoms with Gasteiger partial charge in [0.2, 0.25) is 0 Å². The summed E-state index contributed by atoms with van der Waals surface area (Å²) in [4.78, 5) is 9.22. The monoisotopic (exact) mass is 253 g/mol. The van der Waals surface area contributed by atoms with Crippen molar-refractivity contribution in [3.63, 3.8) is 0 Å². The molecule has 4 nitrogen and oxygen atoms in total. The van der Waals surface area contributed by atoms with Crippen molar-refractivity contribution in [2.45, 2.75) is 25.4 Å². The maximum absolute atomic E-state index is 6.05. The third-order valence-electron chi connectivity index (χ3n) is 4.04. The second-order valence-corrected chi connectivity index (χ2v) is 5.15. The summed E-state index contributed by atoms with van der Waals surface area (Å²) in [6.45, 7) is 1.27. The van der Waals surface area contributed by atoms with Gasteiger partial charge in [0.05, 0.1) is 18.9 Å². The van der Waals surface area contributed by atoms with E-state index in [0.717, 1.165) is 36.5 Å². The minimum absolute atomic E-state index is 0.312. The number of ether oxygens (including phenoxy) is 1. The van der Waals surface area contributed by atoms with Crippen molar-refractivity contribution in [2.75, 3.05) is 12.3 Å². The van der Waals surface area contributed by atoms with E-state index in [1.165, 1.54) is 11.1 Å². The molecule has 0 bridgehead atoms. The quantitative estimate of drug-likeness (QED) is 0.842. The Kier molecular flexibility index (Phi) is 2.32. The van der Waals surface area contributed by atoms with Gasteiger partial charge in [0.15, 0.2) is 0 Å². The number of anilines is 1. The van der Waals surface area contributed by atoms with Gasteiger partial charge in [-0.3, -0.25) is 0 Å². The second-order valence-electron chi connectivity index (χ2n) is 5.15. The zero-order valence-corrected chi connectivity index (χ0v) is 10.6. The largest absolute Gasteiger partial charge is 0.383 e. The summed E-state index contributed by atoms with van der Waals surface area (Å²) in [6.07, 6.45) is 1.86. The number of nitrogens with zero attached hydrogens (tertiary/aromatic N) is 2. The van der Waals surface area contributed by atoms with Gasteiger partial charge in [0.1, 0.15) is 11.6 Å². The Balaban J connectivity index is 1.76. The van der Waals surface area contributed by atoms with Crippen molar-refractivity contribution in [3.05, 3.63) is 52.5 Å². The van der Waals surface area contributed by atoms with E-state index in [2.05, 4.69) is 29.2 Å². The molecule has 0 fully saturated rings. The van der Waals surface area contributed by atoms with E-state index in [4.69, 9.17) is 15.5 Å². The van der Waals surface area contributed by atoms with Crippen molar-refractivity contribution in [3.8, 4) is 0 Å². The molecule has 0 amide bonds. The summed E-state index contributed by atoms with van der Waals surface area (Å²) in [5.41, 5.74) is 10.8. The van der Waals surface area contributed by atoms with Crippen LogP contribution in [0.2, 0.25) is 0 Å². The number of nitrogen functional groups attached to an aromatic ring is 1. The third kappa shape index (κ3) is 1.64. The average molecular weight is 253 g/mol. The van der Waals surface area contributed by atoms with E-state index >= 15 is 0 Å². The van der Waals surface area contributed by atoms with Crippen LogP contribution in [0.25, 0.3) is 0 Å². The standard InChI is InChI=1S/C15H15N3O/c16-14-12-8-19-6-5-13(12)17-15(18-14)11-7-9-3-1-2-4-10(9)11/h1-4,11H,5-8H2,(H2,16,17,18). The summed E-state index contributed by atoms with van der Waals surface area (Å²) < 4.78 is 5.41. The van der Waals surface area contributed by atoms with Gasteiger partial charge in [-0.05, 0) is 17.5 Å². The van der Waals surface area contributed by atoms with Gasteiger partial charge < -0.3 is 10.5 Å². The molecule has 2 N–H and O–H groups in total. The molecular weight excluding hydrogens is 238 g/mol. The van der Waals surface area contributed by atoms with Crippen molar-refractivity contribution < 1.29 is 4.74 Å². The molecule has 96 valence electrons. The van der Waals surface area contributed by atoms with E-state index in [-0.39, 0.29) is 0 Å². The molecule has 1 unspecified atom stereocenters. The van der Waals surface area contributed by atoms with Gasteiger partial charge in [-0.1, -0.05) is 24.3 Å². The maximum Gasteiger partial charge on any atom is 0.138 e. The van der Waals surface area contributed by atoms with Crippen LogP contribution in [0.5, 0.6) is 0 Å². The number of nitrogens with two attached hydrogens (primary N) is 1. The first-order valence-electron chi connectivity index (χ1n) is 6.63. The molecule has 0 spiro atoms. The predicted octanol–water partition coefficient (Wildman–Crippen LogP) is 1.82. The lowest BCUT2D eigenvalue weighted by Gasteiger charge is -2.30. The highest BCUT2D eigenvalue weighted by atomic mass is 16.5. The van der Waals surface area contributed by atoms with Crippen molar-refractivity contribution >= 4 is 5.82 Å². The van der Waals surface area contributed by atoms with Crippen LogP contribution in [0, 0.1) is 0 Å². The Bertz CT molecular complexity index is 654. The van der Waals surface area contributed by atoms with Crippen LogP contribution in [0.1, 0.15) is 34.1 Å². The predicted molar refractivity (Wildman–Crippen MR) is 71.8 cm³/mol. The summed E-state index contributed by atoms with van der Waals surface area (Å²) in [5, 5.41) is 0. The molecule has 4 rings (SSSR count). The first kappa shape index (κ1) is 10.9. The molecule has 2 aromatic rings. The number of fused-ring (bicyclic) bond motifs is 2. The van der Waals surface area contributed by atoms with Crippen LogP contribution in [0.15, 0.2) is 24.3 Å². The molecule has 1 aliphatic carbocycles. The van der Waals surface area contributed by atoms with E-state index in [1.54, 1.807) is 0 Å².